The molecule has 0 spiro atoms. The van der Waals surface area contributed by atoms with E-state index in [1.807, 2.05) is 0 Å². The summed E-state index contributed by atoms with van der Waals surface area (Å²) in [6, 6.07) is 0. The van der Waals surface area contributed by atoms with Gasteiger partial charge in [-0.3, -0.25) is 0 Å². The monoisotopic (exact) mass is 282 g/mol. The molecule has 0 saturated carbocycles. The zero-order valence-corrected chi connectivity index (χ0v) is 14.9. The molecule has 4 unspecified atom stereocenters. The summed E-state index contributed by atoms with van der Waals surface area (Å²) in [5, 5.41) is 0. The first kappa shape index (κ1) is 16.3. The number of hydrogen-bond acceptors (Lipinski definition) is 0. The van der Waals surface area contributed by atoms with Gasteiger partial charge in [-0.05, 0) is 25.7 Å². The van der Waals surface area contributed by atoms with E-state index < -0.39 is 0 Å². The van der Waals surface area contributed by atoms with Crippen molar-refractivity contribution in [3.05, 3.63) is 0 Å². The van der Waals surface area contributed by atoms with Gasteiger partial charge in [-0.15, -0.1) is 0 Å². The van der Waals surface area contributed by atoms with E-state index in [9.17, 15) is 0 Å². The van der Waals surface area contributed by atoms with Crippen LogP contribution in [0.2, 0.25) is 0 Å². The van der Waals surface area contributed by atoms with Crippen LogP contribution in [0, 0.1) is 23.7 Å². The van der Waals surface area contributed by atoms with Crippen LogP contribution >= 0.6 is 0 Å². The van der Waals surface area contributed by atoms with Crippen LogP contribution in [0.1, 0.15) is 39.5 Å². The molecule has 0 aromatic rings. The van der Waals surface area contributed by atoms with Crippen molar-refractivity contribution >= 4 is 0 Å². The Labute approximate surface area is 127 Å². The maximum absolute atomic E-state index is 2.42. The minimum Gasteiger partial charge on any atom is -0.328 e. The van der Waals surface area contributed by atoms with E-state index in [2.05, 4.69) is 42.0 Å². The fourth-order valence-corrected chi connectivity index (χ4v) is 5.29. The third kappa shape index (κ3) is 3.76. The summed E-state index contributed by atoms with van der Waals surface area (Å²) in [5.74, 6) is 3.94. The van der Waals surface area contributed by atoms with Gasteiger partial charge >= 0.3 is 0 Å². The molecule has 4 atom stereocenters. The fourth-order valence-electron chi connectivity index (χ4n) is 5.29. The molecule has 2 nitrogen and oxygen atoms in total. The molecular formula is C18H38N2+2. The molecule has 0 aliphatic carbocycles. The van der Waals surface area contributed by atoms with Crippen molar-refractivity contribution in [2.24, 2.45) is 23.7 Å². The highest BCUT2D eigenvalue weighted by Gasteiger charge is 2.42. The zero-order chi connectivity index (χ0) is 15.0. The molecule has 2 aliphatic rings. The van der Waals surface area contributed by atoms with Crippen molar-refractivity contribution in [1.29, 1.82) is 0 Å². The predicted molar refractivity (Wildman–Crippen MR) is 87.5 cm³/mol. The number of hydrogen-bond donors (Lipinski definition) is 0. The highest BCUT2D eigenvalue weighted by atomic mass is 15.3. The topological polar surface area (TPSA) is 0 Å². The molecule has 0 aromatic carbocycles. The smallest absolute Gasteiger partial charge is 0.0816 e. The Morgan fingerprint density at radius 1 is 0.600 bits per heavy atom. The Bertz CT molecular complexity index is 289. The van der Waals surface area contributed by atoms with Crippen LogP contribution in [0.15, 0.2) is 0 Å². The fraction of sp³-hybridized carbons (Fsp3) is 1.00. The molecule has 0 bridgehead atoms. The van der Waals surface area contributed by atoms with Crippen molar-refractivity contribution < 1.29 is 8.97 Å². The molecule has 20 heavy (non-hydrogen) atoms. The van der Waals surface area contributed by atoms with Crippen LogP contribution in [-0.2, 0) is 0 Å². The Hall–Kier alpha value is -0.0800. The molecule has 0 N–H and O–H groups in total. The molecule has 0 aromatic heterocycles. The number of likely N-dealkylation sites (tertiary alicyclic amines) is 2. The third-order valence-corrected chi connectivity index (χ3v) is 6.21. The highest BCUT2D eigenvalue weighted by molar-refractivity contribution is 4.80. The van der Waals surface area contributed by atoms with E-state index in [1.54, 1.807) is 0 Å². The molecule has 0 amide bonds. The van der Waals surface area contributed by atoms with Gasteiger partial charge in [0, 0.05) is 23.7 Å². The summed E-state index contributed by atoms with van der Waals surface area (Å²) in [6.07, 6.45) is 5.74. The first-order valence-corrected chi connectivity index (χ1v) is 8.90. The second-order valence-electron chi connectivity index (χ2n) is 9.04. The number of rotatable bonds is 5. The van der Waals surface area contributed by atoms with Crippen molar-refractivity contribution in [2.75, 3.05) is 54.4 Å². The lowest BCUT2D eigenvalue weighted by Crippen LogP contribution is -2.37. The van der Waals surface area contributed by atoms with Gasteiger partial charge in [-0.1, -0.05) is 13.8 Å². The van der Waals surface area contributed by atoms with E-state index in [0.717, 1.165) is 23.7 Å². The van der Waals surface area contributed by atoms with Crippen molar-refractivity contribution in [2.45, 2.75) is 39.5 Å². The maximum atomic E-state index is 2.42. The van der Waals surface area contributed by atoms with Crippen molar-refractivity contribution in [3.8, 4) is 0 Å². The summed E-state index contributed by atoms with van der Waals surface area (Å²) >= 11 is 0. The van der Waals surface area contributed by atoms with Crippen molar-refractivity contribution in [3.63, 3.8) is 0 Å². The molecular weight excluding hydrogens is 244 g/mol. The Morgan fingerprint density at radius 3 is 1.20 bits per heavy atom. The second-order valence-corrected chi connectivity index (χ2v) is 9.04. The number of nitrogens with zero attached hydrogens (tertiary/aromatic N) is 2. The molecule has 2 rings (SSSR count). The lowest BCUT2D eigenvalue weighted by atomic mass is 9.83. The van der Waals surface area contributed by atoms with E-state index in [4.69, 9.17) is 0 Å². The first-order chi connectivity index (χ1) is 9.26. The zero-order valence-electron chi connectivity index (χ0n) is 14.9. The SMILES string of the molecule is CCC1C[N+](C)(C)CC1CCC1C[N+](C)(C)CC1CC. The van der Waals surface area contributed by atoms with Crippen LogP contribution in [0.3, 0.4) is 0 Å². The molecule has 2 fully saturated rings. The van der Waals surface area contributed by atoms with Crippen LogP contribution in [0.5, 0.6) is 0 Å². The van der Waals surface area contributed by atoms with Gasteiger partial charge in [0.25, 0.3) is 0 Å². The second kappa shape index (κ2) is 5.96. The quantitative estimate of drug-likeness (QED) is 0.679. The average Bonchev–Trinajstić information content (AvgIpc) is 2.82. The minimum absolute atomic E-state index is 0.981. The summed E-state index contributed by atoms with van der Waals surface area (Å²) in [5.41, 5.74) is 0. The molecule has 2 heteroatoms. The van der Waals surface area contributed by atoms with E-state index in [1.165, 1.54) is 60.8 Å². The van der Waals surface area contributed by atoms with Crippen LogP contribution in [0.4, 0.5) is 0 Å². The van der Waals surface area contributed by atoms with E-state index in [0.29, 0.717) is 0 Å². The molecule has 0 radical (unpaired) electrons. The Balaban J connectivity index is 1.88. The van der Waals surface area contributed by atoms with Gasteiger partial charge in [0.2, 0.25) is 0 Å². The van der Waals surface area contributed by atoms with Gasteiger partial charge in [0.05, 0.1) is 54.4 Å². The average molecular weight is 283 g/mol. The van der Waals surface area contributed by atoms with Gasteiger partial charge in [-0.2, -0.15) is 0 Å². The lowest BCUT2D eigenvalue weighted by Gasteiger charge is -2.24. The normalized spacial score (nSPS) is 39.3. The number of quaternary nitrogens is 2. The van der Waals surface area contributed by atoms with E-state index in [-0.39, 0.29) is 0 Å². The standard InChI is InChI=1S/C18H38N2/c1-7-15-11-19(3,4)13-17(15)9-10-18-14-20(5,6)12-16(18)8-2/h15-18H,7-14H2,1-6H3/q+2. The lowest BCUT2D eigenvalue weighted by molar-refractivity contribution is -0.881. The first-order valence-electron chi connectivity index (χ1n) is 8.90. The molecule has 2 heterocycles. The minimum atomic E-state index is 0.981. The Morgan fingerprint density at radius 2 is 0.900 bits per heavy atom. The molecule has 2 saturated heterocycles. The predicted octanol–water partition coefficient (Wildman–Crippen LogP) is 3.23. The van der Waals surface area contributed by atoms with Crippen LogP contribution in [0.25, 0.3) is 0 Å². The summed E-state index contributed by atoms with van der Waals surface area (Å²) < 4.78 is 2.51. The summed E-state index contributed by atoms with van der Waals surface area (Å²) in [6.45, 7) is 10.4. The van der Waals surface area contributed by atoms with Gasteiger partial charge in [-0.25, -0.2) is 0 Å². The van der Waals surface area contributed by atoms with Crippen LogP contribution < -0.4 is 0 Å². The highest BCUT2D eigenvalue weighted by Crippen LogP contribution is 2.37. The summed E-state index contributed by atoms with van der Waals surface area (Å²) in [7, 11) is 9.69. The molecule has 118 valence electrons. The van der Waals surface area contributed by atoms with Crippen molar-refractivity contribution in [1.82, 2.24) is 0 Å². The molecule has 2 aliphatic heterocycles. The maximum Gasteiger partial charge on any atom is 0.0816 e. The Kier molecular flexibility index (Phi) is 4.86. The summed E-state index contributed by atoms with van der Waals surface area (Å²) in [4.78, 5) is 0. The third-order valence-electron chi connectivity index (χ3n) is 6.21. The van der Waals surface area contributed by atoms with Gasteiger partial charge in [0.15, 0.2) is 0 Å². The van der Waals surface area contributed by atoms with Gasteiger partial charge < -0.3 is 8.97 Å². The van der Waals surface area contributed by atoms with Gasteiger partial charge in [0.1, 0.15) is 0 Å². The van der Waals surface area contributed by atoms with E-state index >= 15 is 0 Å². The largest absolute Gasteiger partial charge is 0.328 e. The van der Waals surface area contributed by atoms with Crippen LogP contribution in [-0.4, -0.2) is 63.3 Å².